The maximum absolute atomic E-state index is 11.8. The number of nitrogens with one attached hydrogen (secondary N) is 1. The molecule has 1 amide bonds. The second kappa shape index (κ2) is 6.96. The number of carbonyl (C=O) groups excluding carboxylic acids is 1. The minimum Gasteiger partial charge on any atom is -0.344 e. The van der Waals surface area contributed by atoms with Gasteiger partial charge in [0.15, 0.2) is 0 Å². The van der Waals surface area contributed by atoms with Crippen LogP contribution < -0.4 is 5.32 Å². The molecule has 1 aromatic carbocycles. The minimum absolute atomic E-state index is 0.233. The van der Waals surface area contributed by atoms with Gasteiger partial charge in [-0.25, -0.2) is 4.68 Å². The van der Waals surface area contributed by atoms with Crippen molar-refractivity contribution in [3.05, 3.63) is 48.3 Å². The van der Waals surface area contributed by atoms with E-state index in [-0.39, 0.29) is 11.9 Å². The number of benzene rings is 1. The summed E-state index contributed by atoms with van der Waals surface area (Å²) < 4.78 is 1.87. The van der Waals surface area contributed by atoms with Crippen molar-refractivity contribution in [2.45, 2.75) is 38.3 Å². The summed E-state index contributed by atoms with van der Waals surface area (Å²) in [6, 6.07) is 10.9. The third-order valence-corrected chi connectivity index (χ3v) is 4.49. The van der Waals surface area contributed by atoms with Gasteiger partial charge >= 0.3 is 0 Å². The lowest BCUT2D eigenvalue weighted by atomic mass is 10.0. The van der Waals surface area contributed by atoms with E-state index in [0.29, 0.717) is 12.5 Å². The van der Waals surface area contributed by atoms with Crippen molar-refractivity contribution >= 4 is 5.91 Å². The molecule has 1 aliphatic heterocycles. The van der Waals surface area contributed by atoms with Crippen LogP contribution in [0.4, 0.5) is 0 Å². The van der Waals surface area contributed by atoms with Crippen molar-refractivity contribution in [3.63, 3.8) is 0 Å². The van der Waals surface area contributed by atoms with Crippen molar-refractivity contribution in [1.82, 2.24) is 20.0 Å². The van der Waals surface area contributed by atoms with Crippen molar-refractivity contribution in [2.75, 3.05) is 13.6 Å². The molecule has 23 heavy (non-hydrogen) atoms. The standard InChI is InChI=1S/C18H24N4O/c1-14(20-16-7-4-9-18(23)21(2)13-16)15-6-3-8-17(12-15)22-11-5-10-19-22/h3,5-6,8,10-12,14,16,20H,4,7,9,13H2,1-2H3. The molecule has 0 radical (unpaired) electrons. The highest BCUT2D eigenvalue weighted by molar-refractivity contribution is 5.76. The summed E-state index contributed by atoms with van der Waals surface area (Å²) in [5, 5.41) is 7.96. The first-order valence-corrected chi connectivity index (χ1v) is 8.23. The Balaban J connectivity index is 1.69. The van der Waals surface area contributed by atoms with Crippen LogP contribution in [0.2, 0.25) is 0 Å². The van der Waals surface area contributed by atoms with Gasteiger partial charge in [0, 0.05) is 44.5 Å². The molecule has 0 spiro atoms. The number of carbonyl (C=O) groups is 1. The van der Waals surface area contributed by atoms with E-state index in [1.807, 2.05) is 28.9 Å². The molecule has 2 heterocycles. The first kappa shape index (κ1) is 15.7. The van der Waals surface area contributed by atoms with Gasteiger partial charge in [-0.05, 0) is 43.5 Å². The Kier molecular flexibility index (Phi) is 4.76. The first-order chi connectivity index (χ1) is 11.1. The normalized spacial score (nSPS) is 20.3. The van der Waals surface area contributed by atoms with Gasteiger partial charge in [0.05, 0.1) is 5.69 Å². The van der Waals surface area contributed by atoms with Crippen LogP contribution in [-0.2, 0) is 4.79 Å². The van der Waals surface area contributed by atoms with Gasteiger partial charge in [-0.15, -0.1) is 0 Å². The molecular weight excluding hydrogens is 288 g/mol. The number of hydrogen-bond donors (Lipinski definition) is 1. The zero-order chi connectivity index (χ0) is 16.2. The molecule has 2 atom stereocenters. The van der Waals surface area contributed by atoms with Gasteiger partial charge < -0.3 is 10.2 Å². The molecule has 0 bridgehead atoms. The van der Waals surface area contributed by atoms with E-state index >= 15 is 0 Å². The lowest BCUT2D eigenvalue weighted by molar-refractivity contribution is -0.129. The predicted octanol–water partition coefficient (Wildman–Crippen LogP) is 2.53. The third-order valence-electron chi connectivity index (χ3n) is 4.49. The van der Waals surface area contributed by atoms with E-state index in [4.69, 9.17) is 0 Å². The smallest absolute Gasteiger partial charge is 0.222 e. The molecule has 5 nitrogen and oxygen atoms in total. The third kappa shape index (κ3) is 3.79. The van der Waals surface area contributed by atoms with Crippen LogP contribution in [0.25, 0.3) is 5.69 Å². The van der Waals surface area contributed by atoms with Gasteiger partial charge in [0.1, 0.15) is 0 Å². The summed E-state index contributed by atoms with van der Waals surface area (Å²) >= 11 is 0. The van der Waals surface area contributed by atoms with E-state index in [1.165, 1.54) is 5.56 Å². The van der Waals surface area contributed by atoms with Gasteiger partial charge in [-0.3, -0.25) is 4.79 Å². The Bertz CT molecular complexity index is 653. The zero-order valence-electron chi connectivity index (χ0n) is 13.8. The number of rotatable bonds is 4. The van der Waals surface area contributed by atoms with Crippen LogP contribution in [0, 0.1) is 0 Å². The molecule has 3 rings (SSSR count). The number of nitrogens with zero attached hydrogens (tertiary/aromatic N) is 3. The van der Waals surface area contributed by atoms with Crippen molar-refractivity contribution in [2.24, 2.45) is 0 Å². The molecule has 5 heteroatoms. The summed E-state index contributed by atoms with van der Waals surface area (Å²) in [5.41, 5.74) is 2.30. The van der Waals surface area contributed by atoms with Gasteiger partial charge in [0.2, 0.25) is 5.91 Å². The number of aromatic nitrogens is 2. The molecule has 1 saturated heterocycles. The van der Waals surface area contributed by atoms with Crippen LogP contribution in [0.5, 0.6) is 0 Å². The molecule has 2 aromatic rings. The molecule has 1 aliphatic rings. The van der Waals surface area contributed by atoms with Gasteiger partial charge in [-0.1, -0.05) is 12.1 Å². The molecular formula is C18H24N4O. The fourth-order valence-electron chi connectivity index (χ4n) is 3.16. The maximum Gasteiger partial charge on any atom is 0.222 e. The summed E-state index contributed by atoms with van der Waals surface area (Å²) in [6.45, 7) is 2.96. The van der Waals surface area contributed by atoms with Crippen LogP contribution in [0.3, 0.4) is 0 Å². The lowest BCUT2D eigenvalue weighted by Crippen LogP contribution is -2.40. The quantitative estimate of drug-likeness (QED) is 0.944. The average molecular weight is 312 g/mol. The Morgan fingerprint density at radius 1 is 1.35 bits per heavy atom. The molecule has 2 unspecified atom stereocenters. The number of likely N-dealkylation sites (tertiary alicyclic amines) is 1. The van der Waals surface area contributed by atoms with Gasteiger partial charge in [0.25, 0.3) is 0 Å². The van der Waals surface area contributed by atoms with E-state index < -0.39 is 0 Å². The Labute approximate surface area is 137 Å². The van der Waals surface area contributed by atoms with Crippen LogP contribution in [0.15, 0.2) is 42.7 Å². The van der Waals surface area contributed by atoms with Crippen LogP contribution >= 0.6 is 0 Å². The lowest BCUT2D eigenvalue weighted by Gasteiger charge is -2.25. The highest BCUT2D eigenvalue weighted by atomic mass is 16.2. The Morgan fingerprint density at radius 3 is 3.00 bits per heavy atom. The molecule has 1 fully saturated rings. The molecule has 0 aliphatic carbocycles. The number of likely N-dealkylation sites (N-methyl/N-ethyl adjacent to an activating group) is 1. The molecule has 1 aromatic heterocycles. The van der Waals surface area contributed by atoms with Crippen molar-refractivity contribution in [3.8, 4) is 5.69 Å². The second-order valence-corrected chi connectivity index (χ2v) is 6.30. The fraction of sp³-hybridized carbons (Fsp3) is 0.444. The van der Waals surface area contributed by atoms with E-state index in [1.54, 1.807) is 6.20 Å². The summed E-state index contributed by atoms with van der Waals surface area (Å²) in [6.07, 6.45) is 6.40. The summed E-state index contributed by atoms with van der Waals surface area (Å²) in [5.74, 6) is 0.252. The second-order valence-electron chi connectivity index (χ2n) is 6.30. The maximum atomic E-state index is 11.8. The zero-order valence-corrected chi connectivity index (χ0v) is 13.8. The summed E-state index contributed by atoms with van der Waals surface area (Å²) in [4.78, 5) is 13.6. The first-order valence-electron chi connectivity index (χ1n) is 8.23. The molecule has 0 saturated carbocycles. The number of amides is 1. The molecule has 122 valence electrons. The number of hydrogen-bond acceptors (Lipinski definition) is 3. The van der Waals surface area contributed by atoms with Crippen LogP contribution in [0.1, 0.15) is 37.8 Å². The van der Waals surface area contributed by atoms with Crippen LogP contribution in [-0.4, -0.2) is 40.2 Å². The monoisotopic (exact) mass is 312 g/mol. The Hall–Kier alpha value is -2.14. The van der Waals surface area contributed by atoms with Crippen molar-refractivity contribution in [1.29, 1.82) is 0 Å². The minimum atomic E-state index is 0.233. The van der Waals surface area contributed by atoms with Gasteiger partial charge in [-0.2, -0.15) is 5.10 Å². The van der Waals surface area contributed by atoms with E-state index in [9.17, 15) is 4.79 Å². The summed E-state index contributed by atoms with van der Waals surface area (Å²) in [7, 11) is 1.89. The fourth-order valence-corrected chi connectivity index (χ4v) is 3.16. The largest absolute Gasteiger partial charge is 0.344 e. The topological polar surface area (TPSA) is 50.2 Å². The van der Waals surface area contributed by atoms with E-state index in [2.05, 4.69) is 41.6 Å². The predicted molar refractivity (Wildman–Crippen MR) is 90.4 cm³/mol. The Morgan fingerprint density at radius 2 is 2.22 bits per heavy atom. The highest BCUT2D eigenvalue weighted by Crippen LogP contribution is 2.19. The average Bonchev–Trinajstić information content (AvgIpc) is 3.04. The molecule has 1 N–H and O–H groups in total. The van der Waals surface area contributed by atoms with E-state index in [0.717, 1.165) is 25.1 Å². The van der Waals surface area contributed by atoms with Crippen molar-refractivity contribution < 1.29 is 4.79 Å². The SMILES string of the molecule is CC(NC1CCCC(=O)N(C)C1)c1cccc(-n2cccn2)c1. The highest BCUT2D eigenvalue weighted by Gasteiger charge is 2.21.